The van der Waals surface area contributed by atoms with Crippen molar-refractivity contribution in [3.63, 3.8) is 0 Å². The molecule has 3 nitrogen and oxygen atoms in total. The lowest BCUT2D eigenvalue weighted by Crippen LogP contribution is -2.35. The lowest BCUT2D eigenvalue weighted by Gasteiger charge is -2.17. The van der Waals surface area contributed by atoms with Gasteiger partial charge in [0.15, 0.2) is 0 Å². The fraction of sp³-hybridized carbons (Fsp3) is 0.778. The Kier molecular flexibility index (Phi) is 3.93. The van der Waals surface area contributed by atoms with E-state index in [0.29, 0.717) is 6.42 Å². The van der Waals surface area contributed by atoms with E-state index in [1.54, 1.807) is 6.92 Å². The summed E-state index contributed by atoms with van der Waals surface area (Å²) in [5.41, 5.74) is -0.0211. The van der Waals surface area contributed by atoms with Crippen molar-refractivity contribution in [2.75, 3.05) is 0 Å². The van der Waals surface area contributed by atoms with Crippen molar-refractivity contribution in [3.05, 3.63) is 0 Å². The van der Waals surface area contributed by atoms with Gasteiger partial charge >= 0.3 is 0 Å². The third-order valence-electron chi connectivity index (χ3n) is 1.28. The highest BCUT2D eigenvalue weighted by molar-refractivity contribution is 5.79. The second-order valence-corrected chi connectivity index (χ2v) is 4.23. The Hall–Kier alpha value is -0.860. The minimum absolute atomic E-state index is 0.0211. The lowest BCUT2D eigenvalue weighted by atomic mass is 9.92. The van der Waals surface area contributed by atoms with Crippen LogP contribution in [0.2, 0.25) is 0 Å². The standard InChI is InChI=1S/C9H17NO2/c1-7(6-11)10-8(12)5-9(2,3)4/h6-7H,5H2,1-4H3,(H,10,12). The van der Waals surface area contributed by atoms with Gasteiger partial charge in [-0.05, 0) is 12.3 Å². The average molecular weight is 171 g/mol. The van der Waals surface area contributed by atoms with Crippen LogP contribution in [0.25, 0.3) is 0 Å². The van der Waals surface area contributed by atoms with E-state index < -0.39 is 0 Å². The molecule has 0 aliphatic rings. The topological polar surface area (TPSA) is 46.2 Å². The van der Waals surface area contributed by atoms with Crippen LogP contribution in [0.5, 0.6) is 0 Å². The molecule has 0 spiro atoms. The van der Waals surface area contributed by atoms with Crippen molar-refractivity contribution in [3.8, 4) is 0 Å². The molecule has 1 N–H and O–H groups in total. The maximum Gasteiger partial charge on any atom is 0.221 e. The van der Waals surface area contributed by atoms with Crippen molar-refractivity contribution in [1.29, 1.82) is 0 Å². The van der Waals surface area contributed by atoms with E-state index in [0.717, 1.165) is 6.29 Å². The van der Waals surface area contributed by atoms with Gasteiger partial charge in [-0.25, -0.2) is 0 Å². The number of hydrogen-bond acceptors (Lipinski definition) is 2. The van der Waals surface area contributed by atoms with Gasteiger partial charge in [-0.1, -0.05) is 20.8 Å². The molecule has 0 aliphatic carbocycles. The van der Waals surface area contributed by atoms with Crippen LogP contribution in [0, 0.1) is 5.41 Å². The van der Waals surface area contributed by atoms with Crippen LogP contribution in [0.3, 0.4) is 0 Å². The van der Waals surface area contributed by atoms with Gasteiger partial charge in [-0.3, -0.25) is 4.79 Å². The zero-order chi connectivity index (χ0) is 9.78. The van der Waals surface area contributed by atoms with E-state index >= 15 is 0 Å². The summed E-state index contributed by atoms with van der Waals surface area (Å²) in [5.74, 6) is -0.0675. The van der Waals surface area contributed by atoms with Crippen molar-refractivity contribution in [2.45, 2.75) is 40.2 Å². The molecule has 0 aromatic rings. The summed E-state index contributed by atoms with van der Waals surface area (Å²) in [5, 5.41) is 2.58. The number of hydrogen-bond donors (Lipinski definition) is 1. The number of rotatable bonds is 3. The highest BCUT2D eigenvalue weighted by Crippen LogP contribution is 2.17. The van der Waals surface area contributed by atoms with Crippen LogP contribution >= 0.6 is 0 Å². The highest BCUT2D eigenvalue weighted by Gasteiger charge is 2.16. The molecule has 0 bridgehead atoms. The second kappa shape index (κ2) is 4.24. The van der Waals surface area contributed by atoms with Crippen molar-refractivity contribution >= 4 is 12.2 Å². The van der Waals surface area contributed by atoms with Gasteiger partial charge < -0.3 is 10.1 Å². The zero-order valence-electron chi connectivity index (χ0n) is 8.18. The number of amides is 1. The summed E-state index contributed by atoms with van der Waals surface area (Å²) in [6, 6.07) is -0.375. The summed E-state index contributed by atoms with van der Waals surface area (Å²) in [6.07, 6.45) is 1.17. The molecule has 12 heavy (non-hydrogen) atoms. The molecular weight excluding hydrogens is 154 g/mol. The Balaban J connectivity index is 3.82. The summed E-state index contributed by atoms with van der Waals surface area (Å²) < 4.78 is 0. The smallest absolute Gasteiger partial charge is 0.221 e. The molecule has 0 saturated heterocycles. The first kappa shape index (κ1) is 11.1. The molecule has 0 rings (SSSR count). The average Bonchev–Trinajstić information content (AvgIpc) is 1.82. The zero-order valence-corrected chi connectivity index (χ0v) is 8.18. The third-order valence-corrected chi connectivity index (χ3v) is 1.28. The number of carbonyl (C=O) groups excluding carboxylic acids is 2. The van der Waals surface area contributed by atoms with Gasteiger partial charge in [0, 0.05) is 6.42 Å². The molecule has 70 valence electrons. The SMILES string of the molecule is CC(C=O)NC(=O)CC(C)(C)C. The predicted octanol–water partition coefficient (Wildman–Crippen LogP) is 1.13. The van der Waals surface area contributed by atoms with E-state index in [1.807, 2.05) is 20.8 Å². The summed E-state index contributed by atoms with van der Waals surface area (Å²) in [7, 11) is 0. The normalized spacial score (nSPS) is 13.7. The first-order valence-corrected chi connectivity index (χ1v) is 4.10. The quantitative estimate of drug-likeness (QED) is 0.647. The van der Waals surface area contributed by atoms with Crippen LogP contribution in [0.4, 0.5) is 0 Å². The molecule has 1 unspecified atom stereocenters. The maximum atomic E-state index is 11.2. The van der Waals surface area contributed by atoms with Crippen molar-refractivity contribution in [1.82, 2.24) is 5.32 Å². The van der Waals surface area contributed by atoms with E-state index in [9.17, 15) is 9.59 Å². The van der Waals surface area contributed by atoms with Gasteiger partial charge in [-0.2, -0.15) is 0 Å². The molecule has 0 aromatic carbocycles. The monoisotopic (exact) mass is 171 g/mol. The number of aldehydes is 1. The summed E-state index contributed by atoms with van der Waals surface area (Å²) in [6.45, 7) is 7.61. The highest BCUT2D eigenvalue weighted by atomic mass is 16.2. The summed E-state index contributed by atoms with van der Waals surface area (Å²) in [4.78, 5) is 21.3. The number of nitrogens with one attached hydrogen (secondary N) is 1. The summed E-state index contributed by atoms with van der Waals surface area (Å²) >= 11 is 0. The molecule has 0 saturated carbocycles. The molecule has 0 aromatic heterocycles. The maximum absolute atomic E-state index is 11.2. The van der Waals surface area contributed by atoms with Crippen LogP contribution < -0.4 is 5.32 Å². The molecule has 0 aliphatic heterocycles. The predicted molar refractivity (Wildman–Crippen MR) is 47.7 cm³/mol. The van der Waals surface area contributed by atoms with E-state index in [4.69, 9.17) is 0 Å². The fourth-order valence-corrected chi connectivity index (χ4v) is 0.821. The molecule has 0 radical (unpaired) electrons. The third kappa shape index (κ3) is 5.89. The first-order valence-electron chi connectivity index (χ1n) is 4.10. The van der Waals surface area contributed by atoms with E-state index in [-0.39, 0.29) is 17.4 Å². The second-order valence-electron chi connectivity index (χ2n) is 4.23. The molecule has 0 fully saturated rings. The molecule has 3 heteroatoms. The lowest BCUT2D eigenvalue weighted by molar-refractivity contribution is -0.125. The fourth-order valence-electron chi connectivity index (χ4n) is 0.821. The van der Waals surface area contributed by atoms with Gasteiger partial charge in [0.05, 0.1) is 6.04 Å². The Bertz CT molecular complexity index is 170. The largest absolute Gasteiger partial charge is 0.347 e. The van der Waals surface area contributed by atoms with Crippen molar-refractivity contribution in [2.24, 2.45) is 5.41 Å². The number of carbonyl (C=O) groups is 2. The molecule has 1 amide bonds. The van der Waals surface area contributed by atoms with Crippen LogP contribution in [0.15, 0.2) is 0 Å². The Morgan fingerprint density at radius 3 is 2.33 bits per heavy atom. The Morgan fingerprint density at radius 1 is 1.50 bits per heavy atom. The molecule has 1 atom stereocenters. The first-order chi connectivity index (χ1) is 5.35. The Morgan fingerprint density at radius 2 is 2.00 bits per heavy atom. The minimum Gasteiger partial charge on any atom is -0.347 e. The van der Waals surface area contributed by atoms with Gasteiger partial charge in [0.25, 0.3) is 0 Å². The Labute approximate surface area is 73.5 Å². The minimum atomic E-state index is -0.375. The molecule has 0 heterocycles. The van der Waals surface area contributed by atoms with Gasteiger partial charge in [0.2, 0.25) is 5.91 Å². The van der Waals surface area contributed by atoms with Crippen LogP contribution in [-0.4, -0.2) is 18.2 Å². The van der Waals surface area contributed by atoms with E-state index in [2.05, 4.69) is 5.32 Å². The van der Waals surface area contributed by atoms with Crippen LogP contribution in [-0.2, 0) is 9.59 Å². The van der Waals surface area contributed by atoms with E-state index in [1.165, 1.54) is 0 Å². The van der Waals surface area contributed by atoms with Gasteiger partial charge in [0.1, 0.15) is 6.29 Å². The van der Waals surface area contributed by atoms with Crippen molar-refractivity contribution < 1.29 is 9.59 Å². The van der Waals surface area contributed by atoms with Crippen LogP contribution in [0.1, 0.15) is 34.1 Å². The molecular formula is C9H17NO2. The van der Waals surface area contributed by atoms with Gasteiger partial charge in [-0.15, -0.1) is 0 Å².